The van der Waals surface area contributed by atoms with Crippen molar-refractivity contribution in [1.82, 2.24) is 19.9 Å². The van der Waals surface area contributed by atoms with E-state index >= 15 is 0 Å². The van der Waals surface area contributed by atoms with Crippen molar-refractivity contribution in [3.63, 3.8) is 0 Å². The van der Waals surface area contributed by atoms with E-state index in [-0.39, 0.29) is 17.9 Å². The van der Waals surface area contributed by atoms with Crippen LogP contribution in [0.1, 0.15) is 46.2 Å². The van der Waals surface area contributed by atoms with Crippen LogP contribution in [0.25, 0.3) is 0 Å². The number of nitrogens with two attached hydrogens (primary N) is 1. The summed E-state index contributed by atoms with van der Waals surface area (Å²) >= 11 is 0. The highest BCUT2D eigenvalue weighted by molar-refractivity contribution is 5.85. The van der Waals surface area contributed by atoms with Crippen LogP contribution in [0.5, 0.6) is 0 Å². The monoisotopic (exact) mass is 301 g/mol. The zero-order chi connectivity index (χ0) is 14.0. The molecule has 116 valence electrons. The minimum absolute atomic E-state index is 0. The third kappa shape index (κ3) is 4.43. The van der Waals surface area contributed by atoms with Crippen molar-refractivity contribution in [2.24, 2.45) is 11.7 Å². The van der Waals surface area contributed by atoms with E-state index in [2.05, 4.69) is 49.1 Å². The third-order valence-electron chi connectivity index (χ3n) is 3.99. The normalized spacial score (nSPS) is 19.6. The van der Waals surface area contributed by atoms with Gasteiger partial charge in [-0.2, -0.15) is 0 Å². The van der Waals surface area contributed by atoms with Gasteiger partial charge in [0.2, 0.25) is 0 Å². The Morgan fingerprint density at radius 3 is 2.40 bits per heavy atom. The Kier molecular flexibility index (Phi) is 5.98. The molecule has 1 atom stereocenters. The van der Waals surface area contributed by atoms with Gasteiger partial charge in [0, 0.05) is 12.6 Å². The smallest absolute Gasteiger partial charge is 0.0967 e. The lowest BCUT2D eigenvalue weighted by atomic mass is 9.91. The minimum atomic E-state index is 0. The summed E-state index contributed by atoms with van der Waals surface area (Å²) in [7, 11) is 0. The molecular formula is C14H28ClN5. The summed E-state index contributed by atoms with van der Waals surface area (Å²) in [5, 5.41) is 8.49. The van der Waals surface area contributed by atoms with E-state index < -0.39 is 0 Å². The second-order valence-corrected chi connectivity index (χ2v) is 6.80. The van der Waals surface area contributed by atoms with Crippen LogP contribution in [0.2, 0.25) is 0 Å². The molecular weight excluding hydrogens is 274 g/mol. The summed E-state index contributed by atoms with van der Waals surface area (Å²) in [6.07, 6.45) is 4.47. The SMILES string of the molecule is CC(N)C1CCN(Cc2cn(C(C)(C)C)nn2)CC1.Cl. The van der Waals surface area contributed by atoms with Gasteiger partial charge in [-0.15, -0.1) is 17.5 Å². The fourth-order valence-electron chi connectivity index (χ4n) is 2.56. The second kappa shape index (κ2) is 6.87. The Morgan fingerprint density at radius 2 is 1.95 bits per heavy atom. The first-order chi connectivity index (χ1) is 8.86. The maximum Gasteiger partial charge on any atom is 0.0967 e. The van der Waals surface area contributed by atoms with Crippen LogP contribution in [-0.2, 0) is 12.1 Å². The molecule has 1 fully saturated rings. The van der Waals surface area contributed by atoms with E-state index in [1.54, 1.807) is 0 Å². The summed E-state index contributed by atoms with van der Waals surface area (Å²) < 4.78 is 1.94. The zero-order valence-corrected chi connectivity index (χ0v) is 13.9. The van der Waals surface area contributed by atoms with Crippen LogP contribution >= 0.6 is 12.4 Å². The first-order valence-electron chi connectivity index (χ1n) is 7.26. The highest BCUT2D eigenvalue weighted by Gasteiger charge is 2.23. The summed E-state index contributed by atoms with van der Waals surface area (Å²) in [5.41, 5.74) is 7.04. The van der Waals surface area contributed by atoms with E-state index in [0.717, 1.165) is 25.3 Å². The predicted octanol–water partition coefficient (Wildman–Crippen LogP) is 2.01. The van der Waals surface area contributed by atoms with E-state index in [0.29, 0.717) is 12.0 Å². The highest BCUT2D eigenvalue weighted by atomic mass is 35.5. The van der Waals surface area contributed by atoms with Crippen molar-refractivity contribution < 1.29 is 0 Å². The van der Waals surface area contributed by atoms with E-state index in [1.165, 1.54) is 12.8 Å². The summed E-state index contributed by atoms with van der Waals surface area (Å²) in [5.74, 6) is 0.682. The number of aromatic nitrogens is 3. The highest BCUT2D eigenvalue weighted by Crippen LogP contribution is 2.21. The molecule has 0 bridgehead atoms. The standard InChI is InChI=1S/C14H27N5.ClH/c1-11(15)12-5-7-18(8-6-12)9-13-10-19(17-16-13)14(2,3)4;/h10-12H,5-9,15H2,1-4H3;1H. The molecule has 1 saturated heterocycles. The molecule has 1 aromatic rings. The number of piperidine rings is 1. The average molecular weight is 302 g/mol. The first-order valence-corrected chi connectivity index (χ1v) is 7.26. The van der Waals surface area contributed by atoms with Crippen molar-refractivity contribution in [2.45, 2.75) is 58.7 Å². The number of hydrogen-bond acceptors (Lipinski definition) is 4. The number of likely N-dealkylation sites (tertiary alicyclic amines) is 1. The van der Waals surface area contributed by atoms with Gasteiger partial charge in [-0.05, 0) is 59.5 Å². The maximum atomic E-state index is 5.97. The molecule has 2 N–H and O–H groups in total. The van der Waals surface area contributed by atoms with Crippen LogP contribution in [0.4, 0.5) is 0 Å². The van der Waals surface area contributed by atoms with Gasteiger partial charge in [0.05, 0.1) is 17.4 Å². The van der Waals surface area contributed by atoms with Gasteiger partial charge in [0.1, 0.15) is 0 Å². The molecule has 0 saturated carbocycles. The van der Waals surface area contributed by atoms with Gasteiger partial charge in [-0.25, -0.2) is 4.68 Å². The van der Waals surface area contributed by atoms with Crippen molar-refractivity contribution in [1.29, 1.82) is 0 Å². The van der Waals surface area contributed by atoms with Gasteiger partial charge < -0.3 is 5.73 Å². The molecule has 0 aliphatic carbocycles. The molecule has 0 spiro atoms. The fraction of sp³-hybridized carbons (Fsp3) is 0.857. The first kappa shape index (κ1) is 17.4. The van der Waals surface area contributed by atoms with Crippen molar-refractivity contribution in [2.75, 3.05) is 13.1 Å². The lowest BCUT2D eigenvalue weighted by Crippen LogP contribution is -2.39. The fourth-order valence-corrected chi connectivity index (χ4v) is 2.56. The largest absolute Gasteiger partial charge is 0.328 e. The summed E-state index contributed by atoms with van der Waals surface area (Å²) in [4.78, 5) is 2.45. The Hall–Kier alpha value is -0.650. The number of hydrogen-bond donors (Lipinski definition) is 1. The Morgan fingerprint density at radius 1 is 1.35 bits per heavy atom. The van der Waals surface area contributed by atoms with E-state index in [4.69, 9.17) is 5.73 Å². The molecule has 1 aromatic heterocycles. The average Bonchev–Trinajstić information content (AvgIpc) is 2.78. The number of nitrogens with zero attached hydrogens (tertiary/aromatic N) is 4. The molecule has 1 unspecified atom stereocenters. The van der Waals surface area contributed by atoms with Gasteiger partial charge >= 0.3 is 0 Å². The van der Waals surface area contributed by atoms with Gasteiger partial charge in [-0.3, -0.25) is 4.90 Å². The van der Waals surface area contributed by atoms with E-state index in [9.17, 15) is 0 Å². The van der Waals surface area contributed by atoms with Crippen LogP contribution in [0, 0.1) is 5.92 Å². The molecule has 5 nitrogen and oxygen atoms in total. The summed E-state index contributed by atoms with van der Waals surface area (Å²) in [6.45, 7) is 11.7. The third-order valence-corrected chi connectivity index (χ3v) is 3.99. The van der Waals surface area contributed by atoms with Crippen LogP contribution in [0.15, 0.2) is 6.20 Å². The molecule has 0 radical (unpaired) electrons. The Bertz CT molecular complexity index is 402. The molecule has 0 amide bonds. The zero-order valence-electron chi connectivity index (χ0n) is 13.0. The van der Waals surface area contributed by atoms with Crippen molar-refractivity contribution in [3.05, 3.63) is 11.9 Å². The van der Waals surface area contributed by atoms with Crippen molar-refractivity contribution in [3.8, 4) is 0 Å². The Balaban J connectivity index is 0.00000200. The van der Waals surface area contributed by atoms with E-state index in [1.807, 2.05) is 4.68 Å². The molecule has 6 heteroatoms. The number of halogens is 1. The maximum absolute atomic E-state index is 5.97. The predicted molar refractivity (Wildman–Crippen MR) is 83.9 cm³/mol. The van der Waals surface area contributed by atoms with Crippen LogP contribution in [0.3, 0.4) is 0 Å². The van der Waals surface area contributed by atoms with Gasteiger partial charge in [0.15, 0.2) is 0 Å². The molecule has 1 aliphatic heterocycles. The van der Waals surface area contributed by atoms with Gasteiger partial charge in [-0.1, -0.05) is 5.21 Å². The van der Waals surface area contributed by atoms with Gasteiger partial charge in [0.25, 0.3) is 0 Å². The molecule has 2 heterocycles. The molecule has 20 heavy (non-hydrogen) atoms. The topological polar surface area (TPSA) is 60.0 Å². The lowest BCUT2D eigenvalue weighted by Gasteiger charge is -2.33. The molecule has 1 aliphatic rings. The molecule has 2 rings (SSSR count). The quantitative estimate of drug-likeness (QED) is 0.928. The minimum Gasteiger partial charge on any atom is -0.328 e. The lowest BCUT2D eigenvalue weighted by molar-refractivity contribution is 0.164. The van der Waals surface area contributed by atoms with Crippen LogP contribution < -0.4 is 5.73 Å². The summed E-state index contributed by atoms with van der Waals surface area (Å²) in [6, 6.07) is 0.323. The molecule has 0 aromatic carbocycles. The second-order valence-electron chi connectivity index (χ2n) is 6.80. The van der Waals surface area contributed by atoms with Crippen molar-refractivity contribution >= 4 is 12.4 Å². The van der Waals surface area contributed by atoms with Crippen LogP contribution in [-0.4, -0.2) is 39.0 Å². The Labute approximate surface area is 128 Å². The number of rotatable bonds is 3.